The molecule has 30 heavy (non-hydrogen) atoms. The average molecular weight is 430 g/mol. The van der Waals surface area contributed by atoms with Crippen LogP contribution >= 0.6 is 11.8 Å². The van der Waals surface area contributed by atoms with Crippen LogP contribution in [-0.4, -0.2) is 33.4 Å². The largest absolute Gasteiger partial charge is 0.322 e. The van der Waals surface area contributed by atoms with E-state index < -0.39 is 6.29 Å². The van der Waals surface area contributed by atoms with Crippen molar-refractivity contribution in [2.75, 3.05) is 11.1 Å². The maximum Gasteiger partial charge on any atom is 0.227 e. The highest BCUT2D eigenvalue weighted by molar-refractivity contribution is 7.99. The van der Waals surface area contributed by atoms with Gasteiger partial charge >= 0.3 is 0 Å². The minimum Gasteiger partial charge on any atom is -0.322 e. The standard InChI is InChI=1S/C22H31N5O2S/c1-14-15(2)23-21(25-20(14)29)27-18(13-17(26-27)22(3,4)5)24-19(28)11-12-30-16-9-7-6-8-10-16/h6-10,13-15,21,23H,11-12H2,1-5H3,(H,24,28)(H,25,29). The van der Waals surface area contributed by atoms with Crippen molar-refractivity contribution >= 4 is 29.4 Å². The number of hydrogen-bond acceptors (Lipinski definition) is 5. The second-order valence-electron chi connectivity index (χ2n) is 8.72. The molecule has 0 aliphatic carbocycles. The van der Waals surface area contributed by atoms with Gasteiger partial charge in [-0.2, -0.15) is 5.10 Å². The van der Waals surface area contributed by atoms with Crippen LogP contribution in [0.4, 0.5) is 5.82 Å². The molecule has 0 radical (unpaired) electrons. The molecule has 3 rings (SSSR count). The van der Waals surface area contributed by atoms with E-state index in [0.29, 0.717) is 18.0 Å². The third kappa shape index (κ3) is 5.43. The second-order valence-corrected chi connectivity index (χ2v) is 9.89. The van der Waals surface area contributed by atoms with Crippen LogP contribution in [0.1, 0.15) is 53.0 Å². The van der Waals surface area contributed by atoms with Gasteiger partial charge in [-0.3, -0.25) is 14.9 Å². The Bertz CT molecular complexity index is 891. The third-order valence-electron chi connectivity index (χ3n) is 5.22. The van der Waals surface area contributed by atoms with E-state index in [1.165, 1.54) is 0 Å². The summed E-state index contributed by atoms with van der Waals surface area (Å²) >= 11 is 1.65. The fourth-order valence-corrected chi connectivity index (χ4v) is 3.97. The normalized spacial score (nSPS) is 21.9. The number of nitrogens with one attached hydrogen (secondary N) is 3. The molecule has 2 amide bonds. The molecule has 3 atom stereocenters. The summed E-state index contributed by atoms with van der Waals surface area (Å²) in [4.78, 5) is 26.1. The molecule has 1 aromatic carbocycles. The van der Waals surface area contributed by atoms with Crippen LogP contribution in [0.15, 0.2) is 41.3 Å². The van der Waals surface area contributed by atoms with E-state index in [4.69, 9.17) is 5.10 Å². The van der Waals surface area contributed by atoms with E-state index in [0.717, 1.165) is 10.6 Å². The molecule has 7 nitrogen and oxygen atoms in total. The van der Waals surface area contributed by atoms with Crippen molar-refractivity contribution in [1.82, 2.24) is 20.4 Å². The number of hydrogen-bond donors (Lipinski definition) is 3. The van der Waals surface area contributed by atoms with Crippen LogP contribution < -0.4 is 16.0 Å². The maximum absolute atomic E-state index is 12.6. The average Bonchev–Trinajstić information content (AvgIpc) is 3.11. The summed E-state index contributed by atoms with van der Waals surface area (Å²) in [6, 6.07) is 11.9. The van der Waals surface area contributed by atoms with Crippen LogP contribution in [0, 0.1) is 5.92 Å². The molecule has 0 saturated carbocycles. The van der Waals surface area contributed by atoms with Gasteiger partial charge in [0.1, 0.15) is 5.82 Å². The highest BCUT2D eigenvalue weighted by atomic mass is 32.2. The topological polar surface area (TPSA) is 88.1 Å². The number of thioether (sulfide) groups is 1. The molecule has 1 fully saturated rings. The highest BCUT2D eigenvalue weighted by Crippen LogP contribution is 2.27. The number of anilines is 1. The van der Waals surface area contributed by atoms with Gasteiger partial charge < -0.3 is 10.6 Å². The summed E-state index contributed by atoms with van der Waals surface area (Å²) in [6.45, 7) is 10.1. The Kier molecular flexibility index (Phi) is 6.88. The SMILES string of the molecule is CC1NC(n2nc(C(C)(C)C)cc2NC(=O)CCSc2ccccc2)NC(=O)C1C. The molecule has 1 aliphatic heterocycles. The molecule has 2 heterocycles. The van der Waals surface area contributed by atoms with E-state index in [2.05, 4.69) is 36.7 Å². The fraction of sp³-hybridized carbons (Fsp3) is 0.500. The maximum atomic E-state index is 12.6. The Morgan fingerprint density at radius 3 is 2.57 bits per heavy atom. The van der Waals surface area contributed by atoms with Gasteiger partial charge in [0.25, 0.3) is 0 Å². The molecule has 1 aromatic heterocycles. The zero-order valence-electron chi connectivity index (χ0n) is 18.2. The fourth-order valence-electron chi connectivity index (χ4n) is 3.09. The molecule has 3 unspecified atom stereocenters. The first-order valence-corrected chi connectivity index (χ1v) is 11.3. The van der Waals surface area contributed by atoms with Crippen LogP contribution in [0.25, 0.3) is 0 Å². The van der Waals surface area contributed by atoms with E-state index in [1.807, 2.05) is 50.2 Å². The quantitative estimate of drug-likeness (QED) is 0.612. The first kappa shape index (κ1) is 22.4. The number of aromatic nitrogens is 2. The lowest BCUT2D eigenvalue weighted by Crippen LogP contribution is -2.57. The van der Waals surface area contributed by atoms with Gasteiger partial charge in [-0.15, -0.1) is 11.8 Å². The molecule has 162 valence electrons. The molecule has 1 aliphatic rings. The van der Waals surface area contributed by atoms with Crippen molar-refractivity contribution < 1.29 is 9.59 Å². The molecule has 0 spiro atoms. The Morgan fingerprint density at radius 1 is 1.23 bits per heavy atom. The van der Waals surface area contributed by atoms with Crippen molar-refractivity contribution in [2.45, 2.75) is 63.7 Å². The van der Waals surface area contributed by atoms with Gasteiger partial charge in [0.05, 0.1) is 11.6 Å². The zero-order chi connectivity index (χ0) is 21.9. The molecule has 8 heteroatoms. The first-order valence-electron chi connectivity index (χ1n) is 10.3. The van der Waals surface area contributed by atoms with Crippen LogP contribution in [-0.2, 0) is 15.0 Å². The summed E-state index contributed by atoms with van der Waals surface area (Å²) in [5, 5.41) is 14.0. The smallest absolute Gasteiger partial charge is 0.227 e. The van der Waals surface area contributed by atoms with Gasteiger partial charge in [-0.25, -0.2) is 4.68 Å². The Hall–Kier alpha value is -2.32. The van der Waals surface area contributed by atoms with Crippen molar-refractivity contribution in [3.8, 4) is 0 Å². The van der Waals surface area contributed by atoms with Gasteiger partial charge in [0, 0.05) is 34.6 Å². The summed E-state index contributed by atoms with van der Waals surface area (Å²) in [5.41, 5.74) is 0.657. The number of amides is 2. The van der Waals surface area contributed by atoms with Crippen molar-refractivity contribution in [3.63, 3.8) is 0 Å². The lowest BCUT2D eigenvalue weighted by Gasteiger charge is -2.34. The monoisotopic (exact) mass is 429 g/mol. The third-order valence-corrected chi connectivity index (χ3v) is 6.23. The number of carbonyl (C=O) groups excluding carboxylic acids is 2. The predicted molar refractivity (Wildman–Crippen MR) is 120 cm³/mol. The van der Waals surface area contributed by atoms with Crippen molar-refractivity contribution in [3.05, 3.63) is 42.1 Å². The van der Waals surface area contributed by atoms with Crippen LogP contribution in [0.2, 0.25) is 0 Å². The molecular formula is C22H31N5O2S. The van der Waals surface area contributed by atoms with Gasteiger partial charge in [-0.1, -0.05) is 45.9 Å². The van der Waals surface area contributed by atoms with Gasteiger partial charge in [0.15, 0.2) is 6.29 Å². The Morgan fingerprint density at radius 2 is 1.93 bits per heavy atom. The van der Waals surface area contributed by atoms with E-state index in [-0.39, 0.29) is 29.2 Å². The van der Waals surface area contributed by atoms with Crippen LogP contribution in [0.3, 0.4) is 0 Å². The molecule has 1 saturated heterocycles. The lowest BCUT2D eigenvalue weighted by atomic mass is 9.92. The highest BCUT2D eigenvalue weighted by Gasteiger charge is 2.33. The summed E-state index contributed by atoms with van der Waals surface area (Å²) < 4.78 is 1.67. The Labute approximate surface area is 182 Å². The summed E-state index contributed by atoms with van der Waals surface area (Å²) in [5.74, 6) is 1.02. The number of benzene rings is 1. The molecule has 0 bridgehead atoms. The van der Waals surface area contributed by atoms with Crippen LogP contribution in [0.5, 0.6) is 0 Å². The molecule has 2 aromatic rings. The molecular weight excluding hydrogens is 398 g/mol. The summed E-state index contributed by atoms with van der Waals surface area (Å²) in [7, 11) is 0. The van der Waals surface area contributed by atoms with Gasteiger partial charge in [-0.05, 0) is 19.1 Å². The van der Waals surface area contributed by atoms with Crippen molar-refractivity contribution in [1.29, 1.82) is 0 Å². The number of carbonyl (C=O) groups is 2. The number of rotatable bonds is 6. The summed E-state index contributed by atoms with van der Waals surface area (Å²) in [6.07, 6.45) is -0.123. The van der Waals surface area contributed by atoms with Crippen molar-refractivity contribution in [2.24, 2.45) is 5.92 Å². The van der Waals surface area contributed by atoms with Gasteiger partial charge in [0.2, 0.25) is 11.8 Å². The predicted octanol–water partition coefficient (Wildman–Crippen LogP) is 3.50. The van der Waals surface area contributed by atoms with E-state index in [1.54, 1.807) is 16.4 Å². The lowest BCUT2D eigenvalue weighted by molar-refractivity contribution is -0.130. The zero-order valence-corrected chi connectivity index (χ0v) is 19.0. The van der Waals surface area contributed by atoms with E-state index in [9.17, 15) is 9.59 Å². The minimum absolute atomic E-state index is 0.00291. The Balaban J connectivity index is 1.72. The van der Waals surface area contributed by atoms with E-state index >= 15 is 0 Å². The number of nitrogens with zero attached hydrogens (tertiary/aromatic N) is 2. The second kappa shape index (κ2) is 9.22. The minimum atomic E-state index is -0.506. The molecule has 3 N–H and O–H groups in total. The first-order chi connectivity index (χ1) is 14.1.